The Hall–Kier alpha value is -2.32. The van der Waals surface area contributed by atoms with Crippen molar-refractivity contribution < 1.29 is 0 Å². The zero-order chi connectivity index (χ0) is 14.0. The molecule has 2 heteroatoms. The zero-order valence-corrected chi connectivity index (χ0v) is 12.4. The van der Waals surface area contributed by atoms with Gasteiger partial charge in [0.25, 0.3) is 0 Å². The quantitative estimate of drug-likeness (QED) is 0.359. The highest BCUT2D eigenvalue weighted by molar-refractivity contribution is 7.25. The first-order valence-electron chi connectivity index (χ1n) is 7.13. The zero-order valence-electron chi connectivity index (χ0n) is 11.6. The van der Waals surface area contributed by atoms with Gasteiger partial charge in [0.15, 0.2) is 0 Å². The lowest BCUT2D eigenvalue weighted by Crippen LogP contribution is -1.71. The highest BCUT2D eigenvalue weighted by atomic mass is 32.1. The van der Waals surface area contributed by atoms with E-state index in [1.54, 1.807) is 0 Å². The van der Waals surface area contributed by atoms with Crippen LogP contribution >= 0.6 is 11.3 Å². The molecule has 2 heterocycles. The number of nitrogens with one attached hydrogen (secondary N) is 1. The van der Waals surface area contributed by atoms with Gasteiger partial charge in [0.2, 0.25) is 0 Å². The van der Waals surface area contributed by atoms with Crippen LogP contribution in [0, 0.1) is 6.92 Å². The van der Waals surface area contributed by atoms with Crippen molar-refractivity contribution in [3.8, 4) is 0 Å². The monoisotopic (exact) mass is 287 g/mol. The third-order valence-corrected chi connectivity index (χ3v) is 5.39. The van der Waals surface area contributed by atoms with Crippen LogP contribution in [-0.2, 0) is 0 Å². The lowest BCUT2D eigenvalue weighted by molar-refractivity contribution is 1.49. The van der Waals surface area contributed by atoms with Gasteiger partial charge in [-0.15, -0.1) is 11.3 Å². The van der Waals surface area contributed by atoms with E-state index in [-0.39, 0.29) is 0 Å². The smallest absolute Gasteiger partial charge is 0.0472 e. The Bertz CT molecular complexity index is 1140. The Kier molecular flexibility index (Phi) is 2.09. The summed E-state index contributed by atoms with van der Waals surface area (Å²) < 4.78 is 2.73. The first kappa shape index (κ1) is 11.4. The molecule has 0 aliphatic carbocycles. The Morgan fingerprint density at radius 3 is 2.52 bits per heavy atom. The van der Waals surface area contributed by atoms with Crippen molar-refractivity contribution >= 4 is 53.3 Å². The first-order chi connectivity index (χ1) is 10.3. The van der Waals surface area contributed by atoms with Gasteiger partial charge < -0.3 is 4.98 Å². The highest BCUT2D eigenvalue weighted by Gasteiger charge is 2.09. The molecule has 100 valence electrons. The topological polar surface area (TPSA) is 15.8 Å². The maximum atomic E-state index is 3.56. The lowest BCUT2D eigenvalue weighted by Gasteiger charge is -1.95. The molecule has 2 aromatic heterocycles. The SMILES string of the molecule is Cc1ccc2[nH]c3cc4c(cc3c2c1)sc1ccccc14. The van der Waals surface area contributed by atoms with Gasteiger partial charge in [0, 0.05) is 42.0 Å². The molecule has 21 heavy (non-hydrogen) atoms. The van der Waals surface area contributed by atoms with Crippen molar-refractivity contribution in [2.45, 2.75) is 6.92 Å². The van der Waals surface area contributed by atoms with Crippen molar-refractivity contribution in [1.82, 2.24) is 4.98 Å². The number of aromatic amines is 1. The number of benzene rings is 3. The van der Waals surface area contributed by atoms with Crippen LogP contribution in [0.2, 0.25) is 0 Å². The second kappa shape index (κ2) is 3.86. The van der Waals surface area contributed by atoms with Crippen LogP contribution in [0.15, 0.2) is 54.6 Å². The minimum absolute atomic E-state index is 1.22. The van der Waals surface area contributed by atoms with Crippen LogP contribution < -0.4 is 0 Å². The van der Waals surface area contributed by atoms with Crippen LogP contribution in [0.3, 0.4) is 0 Å². The van der Waals surface area contributed by atoms with Gasteiger partial charge in [-0.1, -0.05) is 29.8 Å². The van der Waals surface area contributed by atoms with Gasteiger partial charge in [0.1, 0.15) is 0 Å². The molecule has 0 amide bonds. The van der Waals surface area contributed by atoms with Crippen molar-refractivity contribution in [2.75, 3.05) is 0 Å². The predicted molar refractivity (Wildman–Crippen MR) is 93.4 cm³/mol. The Morgan fingerprint density at radius 1 is 0.714 bits per heavy atom. The largest absolute Gasteiger partial charge is 0.354 e. The number of H-pyrrole nitrogens is 1. The Balaban J connectivity index is 2.02. The predicted octanol–water partition coefficient (Wildman–Crippen LogP) is 6.00. The maximum Gasteiger partial charge on any atom is 0.0472 e. The normalized spacial score (nSPS) is 12.0. The summed E-state index contributed by atoms with van der Waals surface area (Å²) in [7, 11) is 0. The fourth-order valence-electron chi connectivity index (χ4n) is 3.23. The van der Waals surface area contributed by atoms with Gasteiger partial charge in [-0.25, -0.2) is 0 Å². The number of aryl methyl sites for hydroxylation is 1. The molecule has 0 aliphatic heterocycles. The Labute approximate surface area is 125 Å². The van der Waals surface area contributed by atoms with Gasteiger partial charge in [-0.05, 0) is 37.3 Å². The van der Waals surface area contributed by atoms with E-state index in [1.165, 1.54) is 47.5 Å². The summed E-state index contributed by atoms with van der Waals surface area (Å²) in [6.07, 6.45) is 0. The molecule has 0 aliphatic rings. The molecule has 5 aromatic rings. The standard InChI is InChI=1S/C19H13NS/c1-11-6-7-16-13(8-11)14-10-19-15(9-17(14)20-16)12-4-2-3-5-18(12)21-19/h2-10,20H,1H3. The number of hydrogen-bond acceptors (Lipinski definition) is 1. The summed E-state index contributed by atoms with van der Waals surface area (Å²) in [4.78, 5) is 3.56. The van der Waals surface area contributed by atoms with Gasteiger partial charge in [-0.3, -0.25) is 0 Å². The fraction of sp³-hybridized carbons (Fsp3) is 0.0526. The number of hydrogen-bond donors (Lipinski definition) is 1. The second-order valence-electron chi connectivity index (χ2n) is 5.67. The molecule has 0 radical (unpaired) electrons. The second-order valence-corrected chi connectivity index (χ2v) is 6.75. The van der Waals surface area contributed by atoms with Crippen LogP contribution in [0.5, 0.6) is 0 Å². The van der Waals surface area contributed by atoms with Crippen LogP contribution in [0.25, 0.3) is 42.0 Å². The number of fused-ring (bicyclic) bond motifs is 6. The summed E-state index contributed by atoms with van der Waals surface area (Å²) in [6, 6.07) is 19.9. The molecule has 0 atom stereocenters. The van der Waals surface area contributed by atoms with E-state index in [9.17, 15) is 0 Å². The van der Waals surface area contributed by atoms with E-state index in [1.807, 2.05) is 11.3 Å². The molecule has 5 rings (SSSR count). The molecule has 3 aromatic carbocycles. The van der Waals surface area contributed by atoms with Gasteiger partial charge >= 0.3 is 0 Å². The lowest BCUT2D eigenvalue weighted by atomic mass is 10.1. The van der Waals surface area contributed by atoms with Crippen molar-refractivity contribution in [2.24, 2.45) is 0 Å². The van der Waals surface area contributed by atoms with Crippen LogP contribution in [0.4, 0.5) is 0 Å². The van der Waals surface area contributed by atoms with Crippen molar-refractivity contribution in [3.05, 3.63) is 60.2 Å². The molecular formula is C19H13NS. The summed E-state index contributed by atoms with van der Waals surface area (Å²) in [5.74, 6) is 0. The third kappa shape index (κ3) is 1.51. The van der Waals surface area contributed by atoms with Crippen LogP contribution in [-0.4, -0.2) is 4.98 Å². The molecule has 0 fully saturated rings. The van der Waals surface area contributed by atoms with E-state index in [4.69, 9.17) is 0 Å². The van der Waals surface area contributed by atoms with Crippen molar-refractivity contribution in [1.29, 1.82) is 0 Å². The minimum atomic E-state index is 1.22. The summed E-state index contributed by atoms with van der Waals surface area (Å²) in [6.45, 7) is 2.15. The molecule has 1 nitrogen and oxygen atoms in total. The molecule has 0 bridgehead atoms. The van der Waals surface area contributed by atoms with E-state index < -0.39 is 0 Å². The van der Waals surface area contributed by atoms with E-state index in [0.29, 0.717) is 0 Å². The average Bonchev–Trinajstić information content (AvgIpc) is 3.02. The number of rotatable bonds is 0. The molecular weight excluding hydrogens is 274 g/mol. The van der Waals surface area contributed by atoms with Gasteiger partial charge in [-0.2, -0.15) is 0 Å². The average molecular weight is 287 g/mol. The van der Waals surface area contributed by atoms with E-state index in [2.05, 4.69) is 66.5 Å². The van der Waals surface area contributed by atoms with E-state index in [0.717, 1.165) is 0 Å². The third-order valence-electron chi connectivity index (χ3n) is 4.25. The molecule has 0 saturated carbocycles. The van der Waals surface area contributed by atoms with Gasteiger partial charge in [0.05, 0.1) is 0 Å². The number of aromatic nitrogens is 1. The first-order valence-corrected chi connectivity index (χ1v) is 7.94. The maximum absolute atomic E-state index is 3.56. The summed E-state index contributed by atoms with van der Waals surface area (Å²) in [5, 5.41) is 5.36. The van der Waals surface area contributed by atoms with Crippen molar-refractivity contribution in [3.63, 3.8) is 0 Å². The Morgan fingerprint density at radius 2 is 1.57 bits per heavy atom. The highest BCUT2D eigenvalue weighted by Crippen LogP contribution is 2.38. The van der Waals surface area contributed by atoms with Crippen LogP contribution in [0.1, 0.15) is 5.56 Å². The molecule has 0 spiro atoms. The minimum Gasteiger partial charge on any atom is -0.354 e. The summed E-state index contributed by atoms with van der Waals surface area (Å²) in [5.41, 5.74) is 3.75. The summed E-state index contributed by atoms with van der Waals surface area (Å²) >= 11 is 1.88. The fourth-order valence-corrected chi connectivity index (χ4v) is 4.36. The molecule has 1 N–H and O–H groups in total. The molecule has 0 saturated heterocycles. The molecule has 0 unspecified atom stereocenters. The van der Waals surface area contributed by atoms with E-state index >= 15 is 0 Å². The number of thiophene rings is 1.